The molecule has 1 aliphatic heterocycles. The summed E-state index contributed by atoms with van der Waals surface area (Å²) in [7, 11) is 0. The van der Waals surface area contributed by atoms with Crippen molar-refractivity contribution in [3.8, 4) is 17.2 Å². The first-order valence-corrected chi connectivity index (χ1v) is 11.2. The predicted molar refractivity (Wildman–Crippen MR) is 127 cm³/mol. The molecular formula is C23H23NO6S2. The van der Waals surface area contributed by atoms with Crippen LogP contribution in [0.3, 0.4) is 0 Å². The second-order valence-electron chi connectivity index (χ2n) is 6.99. The molecule has 2 aromatic rings. The van der Waals surface area contributed by atoms with Crippen molar-refractivity contribution in [1.29, 1.82) is 0 Å². The topological polar surface area (TPSA) is 96.3 Å². The molecule has 0 bridgehead atoms. The lowest BCUT2D eigenvalue weighted by atomic mass is 10.1. The van der Waals surface area contributed by atoms with Crippen molar-refractivity contribution in [2.24, 2.45) is 0 Å². The lowest BCUT2D eigenvalue weighted by molar-refractivity contribution is -0.144. The van der Waals surface area contributed by atoms with Gasteiger partial charge in [-0.15, -0.1) is 0 Å². The third-order valence-electron chi connectivity index (χ3n) is 4.65. The molecule has 168 valence electrons. The maximum Gasteiger partial charge on any atom is 0.344 e. The first-order chi connectivity index (χ1) is 15.3. The molecule has 0 radical (unpaired) electrons. The van der Waals surface area contributed by atoms with E-state index in [9.17, 15) is 14.7 Å². The molecule has 1 atom stereocenters. The molecule has 7 nitrogen and oxygen atoms in total. The highest BCUT2D eigenvalue weighted by Gasteiger charge is 2.31. The minimum atomic E-state index is -1.08. The van der Waals surface area contributed by atoms with Gasteiger partial charge in [-0.3, -0.25) is 9.69 Å². The van der Waals surface area contributed by atoms with Crippen molar-refractivity contribution in [2.45, 2.75) is 26.4 Å². The largest absolute Gasteiger partial charge is 0.508 e. The molecule has 0 aliphatic carbocycles. The van der Waals surface area contributed by atoms with Crippen LogP contribution in [0.1, 0.15) is 25.0 Å². The zero-order valence-corrected chi connectivity index (χ0v) is 19.2. The number of carboxylic acid groups (broad SMARTS) is 1. The molecule has 9 heteroatoms. The number of amides is 1. The average Bonchev–Trinajstić information content (AvgIpc) is 3.02. The summed E-state index contributed by atoms with van der Waals surface area (Å²) in [4.78, 5) is 26.0. The summed E-state index contributed by atoms with van der Waals surface area (Å²) in [5.74, 6) is -0.330. The number of aromatic hydroxyl groups is 1. The molecule has 0 saturated carbocycles. The number of carbonyl (C=O) groups excluding carboxylic acids is 1. The van der Waals surface area contributed by atoms with E-state index in [4.69, 9.17) is 26.8 Å². The van der Waals surface area contributed by atoms with Crippen molar-refractivity contribution in [3.05, 3.63) is 58.5 Å². The van der Waals surface area contributed by atoms with Crippen molar-refractivity contribution in [3.63, 3.8) is 0 Å². The Hall–Kier alpha value is -3.04. The second-order valence-corrected chi connectivity index (χ2v) is 8.66. The van der Waals surface area contributed by atoms with E-state index in [2.05, 4.69) is 0 Å². The van der Waals surface area contributed by atoms with Crippen LogP contribution in [0, 0.1) is 0 Å². The number of nitrogens with zero attached hydrogens (tertiary/aromatic N) is 1. The van der Waals surface area contributed by atoms with Crippen molar-refractivity contribution in [1.82, 2.24) is 4.90 Å². The Morgan fingerprint density at radius 3 is 2.59 bits per heavy atom. The van der Waals surface area contributed by atoms with Gasteiger partial charge in [-0.25, -0.2) is 4.79 Å². The van der Waals surface area contributed by atoms with E-state index in [0.29, 0.717) is 45.9 Å². The molecule has 1 amide bonds. The van der Waals surface area contributed by atoms with Crippen molar-refractivity contribution < 1.29 is 29.3 Å². The van der Waals surface area contributed by atoms with Crippen molar-refractivity contribution in [2.75, 3.05) is 13.2 Å². The van der Waals surface area contributed by atoms with Crippen LogP contribution in [0.25, 0.3) is 6.08 Å². The van der Waals surface area contributed by atoms with E-state index in [1.165, 1.54) is 18.7 Å². The highest BCUT2D eigenvalue weighted by molar-refractivity contribution is 8.26. The van der Waals surface area contributed by atoms with Crippen LogP contribution in [0.4, 0.5) is 0 Å². The number of hydrogen-bond acceptors (Lipinski definition) is 7. The summed E-state index contributed by atoms with van der Waals surface area (Å²) in [5, 5.41) is 18.5. The Morgan fingerprint density at radius 2 is 1.94 bits per heavy atom. The van der Waals surface area contributed by atoms with Gasteiger partial charge in [0, 0.05) is 6.54 Å². The molecule has 0 aromatic heterocycles. The molecule has 32 heavy (non-hydrogen) atoms. The Bertz CT molecular complexity index is 1050. The minimum Gasteiger partial charge on any atom is -0.508 e. The van der Waals surface area contributed by atoms with Gasteiger partial charge in [0.25, 0.3) is 5.91 Å². The quantitative estimate of drug-likeness (QED) is 0.415. The molecule has 1 fully saturated rings. The van der Waals surface area contributed by atoms with E-state index >= 15 is 0 Å². The number of thiocarbonyl (C=S) groups is 1. The Kier molecular flexibility index (Phi) is 7.76. The number of thioether (sulfide) groups is 1. The van der Waals surface area contributed by atoms with Crippen LogP contribution >= 0.6 is 24.0 Å². The van der Waals surface area contributed by atoms with Gasteiger partial charge >= 0.3 is 5.97 Å². The van der Waals surface area contributed by atoms with E-state index in [1.807, 2.05) is 19.1 Å². The monoisotopic (exact) mass is 473 g/mol. The summed E-state index contributed by atoms with van der Waals surface area (Å²) in [6, 6.07) is 11.9. The highest BCUT2D eigenvalue weighted by Crippen LogP contribution is 2.35. The molecule has 3 rings (SSSR count). The summed E-state index contributed by atoms with van der Waals surface area (Å²) >= 11 is 6.63. The van der Waals surface area contributed by atoms with Crippen LogP contribution in [-0.2, 0) is 16.0 Å². The van der Waals surface area contributed by atoms with Gasteiger partial charge in [0.1, 0.15) is 10.1 Å². The van der Waals surface area contributed by atoms with Crippen LogP contribution < -0.4 is 9.47 Å². The normalized spacial score (nSPS) is 15.8. The number of carboxylic acids is 1. The Labute approximate surface area is 195 Å². The summed E-state index contributed by atoms with van der Waals surface area (Å²) in [5.41, 5.74) is 1.70. The molecule has 1 aliphatic rings. The summed E-state index contributed by atoms with van der Waals surface area (Å²) < 4.78 is 11.5. The molecule has 1 saturated heterocycles. The minimum absolute atomic E-state index is 0.170. The predicted octanol–water partition coefficient (Wildman–Crippen LogP) is 4.09. The maximum absolute atomic E-state index is 12.9. The van der Waals surface area contributed by atoms with Crippen LogP contribution in [0.5, 0.6) is 17.2 Å². The van der Waals surface area contributed by atoms with Gasteiger partial charge in [0.15, 0.2) is 17.6 Å². The SMILES string of the molecule is CCOc1cc(/C=C2/SC(=S)N(CCc3ccc(O)cc3)C2=O)ccc1OC(C)C(=O)O. The second kappa shape index (κ2) is 10.5. The van der Waals surface area contributed by atoms with Gasteiger partial charge in [-0.05, 0) is 61.7 Å². The number of benzene rings is 2. The fraction of sp³-hybridized carbons (Fsp3) is 0.261. The van der Waals surface area contributed by atoms with Gasteiger partial charge in [-0.2, -0.15) is 0 Å². The Morgan fingerprint density at radius 1 is 1.22 bits per heavy atom. The molecule has 1 heterocycles. The zero-order chi connectivity index (χ0) is 23.3. The number of carbonyl (C=O) groups is 2. The molecule has 1 unspecified atom stereocenters. The number of ether oxygens (including phenoxy) is 2. The van der Waals surface area contributed by atoms with Gasteiger partial charge in [0.05, 0.1) is 11.5 Å². The maximum atomic E-state index is 12.9. The lowest BCUT2D eigenvalue weighted by Gasteiger charge is -2.15. The summed E-state index contributed by atoms with van der Waals surface area (Å²) in [6.45, 7) is 4.07. The summed E-state index contributed by atoms with van der Waals surface area (Å²) in [6.07, 6.45) is 1.32. The van der Waals surface area contributed by atoms with Crippen LogP contribution in [0.15, 0.2) is 47.4 Å². The number of phenolic OH excluding ortho intramolecular Hbond substituents is 1. The van der Waals surface area contributed by atoms with Crippen LogP contribution in [0.2, 0.25) is 0 Å². The molecule has 2 aromatic carbocycles. The lowest BCUT2D eigenvalue weighted by Crippen LogP contribution is -2.30. The number of hydrogen-bond donors (Lipinski definition) is 2. The third kappa shape index (κ3) is 5.80. The first kappa shape index (κ1) is 23.6. The van der Waals surface area contributed by atoms with Crippen LogP contribution in [-0.4, -0.2) is 50.6 Å². The number of aliphatic carboxylic acids is 1. The molecule has 0 spiro atoms. The van der Waals surface area contributed by atoms with Gasteiger partial charge in [0.2, 0.25) is 0 Å². The van der Waals surface area contributed by atoms with E-state index < -0.39 is 12.1 Å². The highest BCUT2D eigenvalue weighted by atomic mass is 32.2. The zero-order valence-electron chi connectivity index (χ0n) is 17.6. The molecular weight excluding hydrogens is 450 g/mol. The van der Waals surface area contributed by atoms with E-state index in [-0.39, 0.29) is 11.7 Å². The number of phenols is 1. The first-order valence-electron chi connectivity index (χ1n) is 9.98. The fourth-order valence-electron chi connectivity index (χ4n) is 2.97. The smallest absolute Gasteiger partial charge is 0.344 e. The third-order valence-corrected chi connectivity index (χ3v) is 6.03. The molecule has 2 N–H and O–H groups in total. The van der Waals surface area contributed by atoms with Crippen molar-refractivity contribution >= 4 is 46.3 Å². The van der Waals surface area contributed by atoms with Gasteiger partial charge < -0.3 is 19.7 Å². The Balaban J connectivity index is 1.74. The number of rotatable bonds is 9. The van der Waals surface area contributed by atoms with E-state index in [0.717, 1.165) is 5.56 Å². The standard InChI is InChI=1S/C23H23NO6S2/c1-3-29-19-12-16(6-9-18(19)30-14(2)22(27)28)13-20-21(26)24(23(31)32-20)11-10-15-4-7-17(25)8-5-15/h4-9,12-14,25H,3,10-11H2,1-2H3,(H,27,28)/b20-13+. The fourth-order valence-corrected chi connectivity index (χ4v) is 4.28. The van der Waals surface area contributed by atoms with E-state index in [1.54, 1.807) is 41.3 Å². The van der Waals surface area contributed by atoms with Gasteiger partial charge in [-0.1, -0.05) is 42.2 Å². The average molecular weight is 474 g/mol.